The van der Waals surface area contributed by atoms with Crippen molar-refractivity contribution in [1.29, 1.82) is 5.26 Å². The SMILES string of the molecule is COC(=O)[C@@H](CCCCC#N)NC(=O)c1c(F)cc(F)cc1F. The van der Waals surface area contributed by atoms with Crippen LogP contribution in [0.4, 0.5) is 13.2 Å². The van der Waals surface area contributed by atoms with E-state index in [9.17, 15) is 22.8 Å². The number of nitrogens with zero attached hydrogens (tertiary/aromatic N) is 1. The van der Waals surface area contributed by atoms with Crippen LogP contribution in [0.2, 0.25) is 0 Å². The number of methoxy groups -OCH3 is 1. The Morgan fingerprint density at radius 3 is 2.39 bits per heavy atom. The molecule has 0 spiro atoms. The molecule has 8 heteroatoms. The van der Waals surface area contributed by atoms with Crippen LogP contribution in [0.3, 0.4) is 0 Å². The van der Waals surface area contributed by atoms with Crippen molar-refractivity contribution in [3.8, 4) is 6.07 Å². The van der Waals surface area contributed by atoms with Gasteiger partial charge in [-0.1, -0.05) is 0 Å². The largest absolute Gasteiger partial charge is 0.467 e. The minimum Gasteiger partial charge on any atom is -0.467 e. The molecule has 0 heterocycles. The molecule has 1 rings (SSSR count). The molecule has 0 aliphatic carbocycles. The second-order valence-electron chi connectivity index (χ2n) is 4.70. The van der Waals surface area contributed by atoms with Gasteiger partial charge in [-0.3, -0.25) is 4.79 Å². The third-order valence-corrected chi connectivity index (χ3v) is 3.06. The fraction of sp³-hybridized carbons (Fsp3) is 0.400. The molecule has 0 unspecified atom stereocenters. The van der Waals surface area contributed by atoms with Gasteiger partial charge in [-0.2, -0.15) is 5.26 Å². The fourth-order valence-corrected chi connectivity index (χ4v) is 1.93. The summed E-state index contributed by atoms with van der Waals surface area (Å²) in [4.78, 5) is 23.6. The van der Waals surface area contributed by atoms with Crippen molar-refractivity contribution in [2.45, 2.75) is 31.7 Å². The molecule has 1 aromatic carbocycles. The minimum atomic E-state index is -1.37. The highest BCUT2D eigenvalue weighted by Crippen LogP contribution is 2.15. The first-order chi connectivity index (χ1) is 10.9. The Hall–Kier alpha value is -2.56. The van der Waals surface area contributed by atoms with Gasteiger partial charge in [-0.25, -0.2) is 18.0 Å². The van der Waals surface area contributed by atoms with E-state index in [0.717, 1.165) is 7.11 Å². The van der Waals surface area contributed by atoms with E-state index in [1.54, 1.807) is 0 Å². The van der Waals surface area contributed by atoms with Crippen LogP contribution in [0.25, 0.3) is 0 Å². The predicted octanol–water partition coefficient (Wildman–Crippen LogP) is 2.46. The lowest BCUT2D eigenvalue weighted by Crippen LogP contribution is -2.42. The number of nitrogens with one attached hydrogen (secondary N) is 1. The smallest absolute Gasteiger partial charge is 0.328 e. The van der Waals surface area contributed by atoms with Crippen molar-refractivity contribution in [3.05, 3.63) is 35.1 Å². The van der Waals surface area contributed by atoms with Gasteiger partial charge in [0.25, 0.3) is 5.91 Å². The fourth-order valence-electron chi connectivity index (χ4n) is 1.93. The number of carbonyl (C=O) groups excluding carboxylic acids is 2. The van der Waals surface area contributed by atoms with E-state index in [1.807, 2.05) is 6.07 Å². The number of hydrogen-bond donors (Lipinski definition) is 1. The Morgan fingerprint density at radius 2 is 1.87 bits per heavy atom. The first kappa shape index (κ1) is 18.5. The molecule has 23 heavy (non-hydrogen) atoms. The molecule has 0 aromatic heterocycles. The molecule has 0 bridgehead atoms. The van der Waals surface area contributed by atoms with Crippen LogP contribution in [0.1, 0.15) is 36.0 Å². The lowest BCUT2D eigenvalue weighted by molar-refractivity contribution is -0.143. The first-order valence-corrected chi connectivity index (χ1v) is 6.81. The van der Waals surface area contributed by atoms with Crippen molar-refractivity contribution >= 4 is 11.9 Å². The van der Waals surface area contributed by atoms with Crippen LogP contribution in [0.5, 0.6) is 0 Å². The van der Waals surface area contributed by atoms with Crippen molar-refractivity contribution in [1.82, 2.24) is 5.32 Å². The number of nitriles is 1. The van der Waals surface area contributed by atoms with Crippen LogP contribution >= 0.6 is 0 Å². The highest BCUT2D eigenvalue weighted by molar-refractivity contribution is 5.97. The Kier molecular flexibility index (Phi) is 7.06. The van der Waals surface area contributed by atoms with Gasteiger partial charge in [-0.05, 0) is 19.3 Å². The summed E-state index contributed by atoms with van der Waals surface area (Å²) in [6.07, 6.45) is 1.36. The third-order valence-electron chi connectivity index (χ3n) is 3.06. The number of ether oxygens (including phenoxy) is 1. The van der Waals surface area contributed by atoms with E-state index >= 15 is 0 Å². The predicted molar refractivity (Wildman–Crippen MR) is 73.7 cm³/mol. The van der Waals surface area contributed by atoms with Crippen molar-refractivity contribution in [2.24, 2.45) is 0 Å². The molecule has 5 nitrogen and oxygen atoms in total. The second kappa shape index (κ2) is 8.78. The summed E-state index contributed by atoms with van der Waals surface area (Å²) in [5.41, 5.74) is -0.975. The molecule has 0 fully saturated rings. The van der Waals surface area contributed by atoms with Gasteiger partial charge in [0, 0.05) is 18.6 Å². The van der Waals surface area contributed by atoms with Gasteiger partial charge in [0.05, 0.1) is 13.2 Å². The third kappa shape index (κ3) is 5.29. The number of benzene rings is 1. The normalized spacial score (nSPS) is 11.4. The quantitative estimate of drug-likeness (QED) is 0.616. The van der Waals surface area contributed by atoms with Crippen LogP contribution in [-0.4, -0.2) is 25.0 Å². The average Bonchev–Trinajstić information content (AvgIpc) is 2.48. The molecule has 0 saturated carbocycles. The van der Waals surface area contributed by atoms with Gasteiger partial charge in [0.15, 0.2) is 0 Å². The summed E-state index contributed by atoms with van der Waals surface area (Å²) < 4.78 is 44.5. The van der Waals surface area contributed by atoms with Gasteiger partial charge in [0.1, 0.15) is 29.1 Å². The topological polar surface area (TPSA) is 79.2 Å². The Labute approximate surface area is 131 Å². The van der Waals surface area contributed by atoms with E-state index in [-0.39, 0.29) is 12.8 Å². The van der Waals surface area contributed by atoms with E-state index in [4.69, 9.17) is 5.26 Å². The Morgan fingerprint density at radius 1 is 1.26 bits per heavy atom. The lowest BCUT2D eigenvalue weighted by Gasteiger charge is -2.16. The van der Waals surface area contributed by atoms with Crippen LogP contribution < -0.4 is 5.32 Å². The molecular formula is C15H15F3N2O3. The number of esters is 1. The number of amides is 1. The van der Waals surface area contributed by atoms with E-state index in [1.165, 1.54) is 0 Å². The Balaban J connectivity index is 2.85. The van der Waals surface area contributed by atoms with Gasteiger partial charge in [-0.15, -0.1) is 0 Å². The molecule has 0 aliphatic heterocycles. The molecule has 0 radical (unpaired) electrons. The monoisotopic (exact) mass is 328 g/mol. The molecule has 124 valence electrons. The number of halogens is 3. The molecular weight excluding hydrogens is 313 g/mol. The first-order valence-electron chi connectivity index (χ1n) is 6.81. The number of rotatable bonds is 7. The zero-order valence-corrected chi connectivity index (χ0v) is 12.4. The lowest BCUT2D eigenvalue weighted by atomic mass is 10.1. The van der Waals surface area contributed by atoms with Gasteiger partial charge in [0.2, 0.25) is 0 Å². The van der Waals surface area contributed by atoms with Crippen LogP contribution in [-0.2, 0) is 9.53 Å². The maximum absolute atomic E-state index is 13.6. The van der Waals surface area contributed by atoms with E-state index < -0.39 is 40.9 Å². The maximum Gasteiger partial charge on any atom is 0.328 e. The molecule has 1 aromatic rings. The number of carbonyl (C=O) groups is 2. The van der Waals surface area contributed by atoms with Gasteiger partial charge < -0.3 is 10.1 Å². The van der Waals surface area contributed by atoms with Crippen LogP contribution in [0, 0.1) is 28.8 Å². The highest BCUT2D eigenvalue weighted by atomic mass is 19.1. The minimum absolute atomic E-state index is 0.143. The molecule has 0 saturated heterocycles. The van der Waals surface area contributed by atoms with Crippen LogP contribution in [0.15, 0.2) is 12.1 Å². The summed E-state index contributed by atoms with van der Waals surface area (Å²) in [6.45, 7) is 0. The summed E-state index contributed by atoms with van der Waals surface area (Å²) in [7, 11) is 1.11. The highest BCUT2D eigenvalue weighted by Gasteiger charge is 2.25. The van der Waals surface area contributed by atoms with E-state index in [0.29, 0.717) is 25.0 Å². The number of unbranched alkanes of at least 4 members (excludes halogenated alkanes) is 2. The summed E-state index contributed by atoms with van der Waals surface area (Å²) in [5, 5.41) is 10.6. The number of hydrogen-bond acceptors (Lipinski definition) is 4. The zero-order chi connectivity index (χ0) is 17.4. The van der Waals surface area contributed by atoms with E-state index in [2.05, 4.69) is 10.1 Å². The zero-order valence-electron chi connectivity index (χ0n) is 12.4. The van der Waals surface area contributed by atoms with Crippen molar-refractivity contribution < 1.29 is 27.5 Å². The summed E-state index contributed by atoms with van der Waals surface area (Å²) >= 11 is 0. The van der Waals surface area contributed by atoms with Crippen molar-refractivity contribution in [2.75, 3.05) is 7.11 Å². The summed E-state index contributed by atoms with van der Waals surface area (Å²) in [5.74, 6) is -5.85. The standard InChI is InChI=1S/C15H15F3N2O3/c1-23-15(22)12(5-3-2-4-6-19)20-14(21)13-10(17)7-9(16)8-11(13)18/h7-8,12H,2-5H2,1H3,(H,20,21)/t12-/m1/s1. The molecule has 1 N–H and O–H groups in total. The maximum atomic E-state index is 13.6. The average molecular weight is 328 g/mol. The van der Waals surface area contributed by atoms with Crippen molar-refractivity contribution in [3.63, 3.8) is 0 Å². The summed E-state index contributed by atoms with van der Waals surface area (Å²) in [6, 6.07) is 1.56. The molecule has 1 amide bonds. The molecule has 1 atom stereocenters. The Bertz CT molecular complexity index is 606. The van der Waals surface area contributed by atoms with Gasteiger partial charge >= 0.3 is 5.97 Å². The second-order valence-corrected chi connectivity index (χ2v) is 4.70. The molecule has 0 aliphatic rings.